The van der Waals surface area contributed by atoms with Crippen LogP contribution >= 0.6 is 23.4 Å². The quantitative estimate of drug-likeness (QED) is 0.847. The van der Waals surface area contributed by atoms with Crippen molar-refractivity contribution in [2.75, 3.05) is 6.54 Å². The van der Waals surface area contributed by atoms with Crippen molar-refractivity contribution in [2.24, 2.45) is 5.73 Å². The minimum atomic E-state index is -0.235. The molecule has 2 rings (SSSR count). The van der Waals surface area contributed by atoms with Crippen molar-refractivity contribution < 1.29 is 4.39 Å². The van der Waals surface area contributed by atoms with Gasteiger partial charge in [-0.1, -0.05) is 29.8 Å². The monoisotopic (exact) mass is 281 g/mol. The van der Waals surface area contributed by atoms with Crippen molar-refractivity contribution in [1.29, 1.82) is 0 Å². The third-order valence-corrected chi connectivity index (χ3v) is 4.18. The third-order valence-electron chi connectivity index (χ3n) is 2.56. The number of hydrogen-bond acceptors (Lipinski definition) is 2. The van der Waals surface area contributed by atoms with Crippen molar-refractivity contribution in [3.8, 4) is 0 Å². The van der Waals surface area contributed by atoms with E-state index in [0.29, 0.717) is 11.6 Å². The first-order chi connectivity index (χ1) is 8.70. The van der Waals surface area contributed by atoms with Crippen LogP contribution in [0.2, 0.25) is 5.02 Å². The second-order valence-corrected chi connectivity index (χ2v) is 5.50. The van der Waals surface area contributed by atoms with E-state index in [9.17, 15) is 4.39 Å². The van der Waals surface area contributed by atoms with Crippen molar-refractivity contribution in [3.05, 3.63) is 64.9 Å². The molecule has 1 unspecified atom stereocenters. The van der Waals surface area contributed by atoms with Gasteiger partial charge in [-0.25, -0.2) is 4.39 Å². The molecule has 1 atom stereocenters. The first-order valence-electron chi connectivity index (χ1n) is 5.57. The van der Waals surface area contributed by atoms with Crippen LogP contribution in [-0.4, -0.2) is 6.54 Å². The second kappa shape index (κ2) is 6.23. The molecular formula is C14H13ClFNS. The van der Waals surface area contributed by atoms with E-state index in [4.69, 9.17) is 17.3 Å². The van der Waals surface area contributed by atoms with Gasteiger partial charge < -0.3 is 5.73 Å². The summed E-state index contributed by atoms with van der Waals surface area (Å²) >= 11 is 7.75. The Morgan fingerprint density at radius 1 is 1.11 bits per heavy atom. The van der Waals surface area contributed by atoms with Gasteiger partial charge in [0.1, 0.15) is 5.82 Å². The van der Waals surface area contributed by atoms with Crippen molar-refractivity contribution in [3.63, 3.8) is 0 Å². The molecule has 0 saturated heterocycles. The highest BCUT2D eigenvalue weighted by atomic mass is 35.5. The highest BCUT2D eigenvalue weighted by Gasteiger charge is 2.14. The maximum absolute atomic E-state index is 12.8. The first-order valence-corrected chi connectivity index (χ1v) is 6.83. The predicted molar refractivity (Wildman–Crippen MR) is 75.5 cm³/mol. The van der Waals surface area contributed by atoms with E-state index in [1.165, 1.54) is 12.1 Å². The van der Waals surface area contributed by atoms with Crippen LogP contribution in [0.5, 0.6) is 0 Å². The fourth-order valence-corrected chi connectivity index (χ4v) is 3.03. The number of hydrogen-bond donors (Lipinski definition) is 1. The molecule has 2 N–H and O–H groups in total. The van der Waals surface area contributed by atoms with Crippen LogP contribution in [0.15, 0.2) is 53.4 Å². The maximum atomic E-state index is 12.8. The Hall–Kier alpha value is -1.03. The number of benzene rings is 2. The van der Waals surface area contributed by atoms with Gasteiger partial charge in [-0.15, -0.1) is 11.8 Å². The standard InChI is InChI=1S/C14H13ClFNS/c15-13-4-2-1-3-12(13)14(9-17)18-11-7-5-10(16)6-8-11/h1-8,14H,9,17H2. The molecule has 94 valence electrons. The first kappa shape index (κ1) is 13.4. The molecule has 0 amide bonds. The number of halogens is 2. The highest BCUT2D eigenvalue weighted by molar-refractivity contribution is 7.99. The maximum Gasteiger partial charge on any atom is 0.123 e. The molecular weight excluding hydrogens is 269 g/mol. The molecule has 0 aliphatic carbocycles. The van der Waals surface area contributed by atoms with Crippen molar-refractivity contribution in [1.82, 2.24) is 0 Å². The van der Waals surface area contributed by atoms with Gasteiger partial charge in [0.05, 0.1) is 0 Å². The van der Waals surface area contributed by atoms with Crippen LogP contribution in [0.4, 0.5) is 4.39 Å². The zero-order chi connectivity index (χ0) is 13.0. The lowest BCUT2D eigenvalue weighted by molar-refractivity contribution is 0.626. The lowest BCUT2D eigenvalue weighted by Crippen LogP contribution is -2.09. The van der Waals surface area contributed by atoms with Gasteiger partial charge in [0, 0.05) is 21.7 Å². The van der Waals surface area contributed by atoms with Crippen LogP contribution in [0.1, 0.15) is 10.8 Å². The lowest BCUT2D eigenvalue weighted by atomic mass is 10.1. The zero-order valence-electron chi connectivity index (χ0n) is 9.64. The fourth-order valence-electron chi connectivity index (χ4n) is 1.65. The van der Waals surface area contributed by atoms with E-state index >= 15 is 0 Å². The summed E-state index contributed by atoms with van der Waals surface area (Å²) in [5, 5.41) is 0.784. The Kier molecular flexibility index (Phi) is 4.64. The summed E-state index contributed by atoms with van der Waals surface area (Å²) in [6.45, 7) is 0.478. The molecule has 0 spiro atoms. The number of thioether (sulfide) groups is 1. The van der Waals surface area contributed by atoms with E-state index in [1.54, 1.807) is 23.9 Å². The van der Waals surface area contributed by atoms with E-state index in [0.717, 1.165) is 10.5 Å². The van der Waals surface area contributed by atoms with Crippen molar-refractivity contribution in [2.45, 2.75) is 10.1 Å². The Labute approximate surface area is 115 Å². The Morgan fingerprint density at radius 3 is 2.39 bits per heavy atom. The van der Waals surface area contributed by atoms with Gasteiger partial charge in [-0.3, -0.25) is 0 Å². The second-order valence-electron chi connectivity index (χ2n) is 3.82. The van der Waals surface area contributed by atoms with Crippen LogP contribution in [0.3, 0.4) is 0 Å². The third kappa shape index (κ3) is 3.25. The van der Waals surface area contributed by atoms with Crippen molar-refractivity contribution >= 4 is 23.4 Å². The topological polar surface area (TPSA) is 26.0 Å². The molecule has 2 aromatic rings. The van der Waals surface area contributed by atoms with E-state index < -0.39 is 0 Å². The Balaban J connectivity index is 2.20. The molecule has 18 heavy (non-hydrogen) atoms. The summed E-state index contributed by atoms with van der Waals surface area (Å²) in [7, 11) is 0. The van der Waals surface area contributed by atoms with E-state index in [-0.39, 0.29) is 11.1 Å². The minimum Gasteiger partial charge on any atom is -0.329 e. The summed E-state index contributed by atoms with van der Waals surface area (Å²) in [5.74, 6) is -0.235. The highest BCUT2D eigenvalue weighted by Crippen LogP contribution is 2.37. The Bertz CT molecular complexity index is 515. The van der Waals surface area contributed by atoms with Gasteiger partial charge >= 0.3 is 0 Å². The summed E-state index contributed by atoms with van der Waals surface area (Å²) in [6, 6.07) is 14.0. The normalized spacial score (nSPS) is 12.4. The van der Waals surface area contributed by atoms with E-state index in [1.807, 2.05) is 24.3 Å². The smallest absolute Gasteiger partial charge is 0.123 e. The minimum absolute atomic E-state index is 0.0733. The average Bonchev–Trinajstić information content (AvgIpc) is 2.39. The lowest BCUT2D eigenvalue weighted by Gasteiger charge is -2.16. The molecule has 0 saturated carbocycles. The van der Waals surface area contributed by atoms with Crippen LogP contribution < -0.4 is 5.73 Å². The molecule has 2 aromatic carbocycles. The number of rotatable bonds is 4. The van der Waals surface area contributed by atoms with Gasteiger partial charge in [-0.2, -0.15) is 0 Å². The van der Waals surface area contributed by atoms with Gasteiger partial charge in [-0.05, 0) is 35.9 Å². The summed E-state index contributed by atoms with van der Waals surface area (Å²) in [4.78, 5) is 0.978. The van der Waals surface area contributed by atoms with E-state index in [2.05, 4.69) is 0 Å². The molecule has 0 fully saturated rings. The molecule has 0 aliphatic rings. The predicted octanol–water partition coefficient (Wildman–Crippen LogP) is 4.27. The molecule has 0 bridgehead atoms. The molecule has 0 heterocycles. The summed E-state index contributed by atoms with van der Waals surface area (Å²) < 4.78 is 12.8. The van der Waals surface area contributed by atoms with Gasteiger partial charge in [0.2, 0.25) is 0 Å². The van der Waals surface area contributed by atoms with Gasteiger partial charge in [0.15, 0.2) is 0 Å². The molecule has 1 nitrogen and oxygen atoms in total. The largest absolute Gasteiger partial charge is 0.329 e. The SMILES string of the molecule is NCC(Sc1ccc(F)cc1)c1ccccc1Cl. The zero-order valence-corrected chi connectivity index (χ0v) is 11.2. The Morgan fingerprint density at radius 2 is 1.78 bits per heavy atom. The number of nitrogens with two attached hydrogens (primary N) is 1. The summed E-state index contributed by atoms with van der Waals surface area (Å²) in [5.41, 5.74) is 6.81. The molecule has 0 aliphatic heterocycles. The summed E-state index contributed by atoms with van der Waals surface area (Å²) in [6.07, 6.45) is 0. The average molecular weight is 282 g/mol. The van der Waals surface area contributed by atoms with Crippen LogP contribution in [0.25, 0.3) is 0 Å². The fraction of sp³-hybridized carbons (Fsp3) is 0.143. The molecule has 0 aromatic heterocycles. The van der Waals surface area contributed by atoms with Crippen LogP contribution in [0, 0.1) is 5.82 Å². The molecule has 0 radical (unpaired) electrons. The van der Waals surface area contributed by atoms with Crippen LogP contribution in [-0.2, 0) is 0 Å². The van der Waals surface area contributed by atoms with Gasteiger partial charge in [0.25, 0.3) is 0 Å². The molecule has 4 heteroatoms.